The summed E-state index contributed by atoms with van der Waals surface area (Å²) < 4.78 is 0. The quantitative estimate of drug-likeness (QED) is 0.498. The van der Waals surface area contributed by atoms with Crippen LogP contribution in [0.25, 0.3) is 0 Å². The summed E-state index contributed by atoms with van der Waals surface area (Å²) >= 11 is 0. The Morgan fingerprint density at radius 1 is 0.810 bits per heavy atom. The van der Waals surface area contributed by atoms with Crippen LogP contribution in [0.2, 0.25) is 0 Å². The number of imide groups is 1. The van der Waals surface area contributed by atoms with Gasteiger partial charge in [0.2, 0.25) is 0 Å². The van der Waals surface area contributed by atoms with Gasteiger partial charge in [0.25, 0.3) is 5.91 Å². The van der Waals surface area contributed by atoms with Crippen molar-refractivity contribution < 1.29 is 46.0 Å². The fourth-order valence-corrected chi connectivity index (χ4v) is 2.40. The van der Waals surface area contributed by atoms with Crippen molar-refractivity contribution in [3.63, 3.8) is 0 Å². The summed E-state index contributed by atoms with van der Waals surface area (Å²) in [6.07, 6.45) is 0. The van der Waals surface area contributed by atoms with E-state index in [1.807, 2.05) is 60.7 Å². The summed E-state index contributed by atoms with van der Waals surface area (Å²) in [5, 5.41) is 5.07. The van der Waals surface area contributed by atoms with E-state index in [2.05, 4.69) is 10.6 Å². The van der Waals surface area contributed by atoms with Crippen LogP contribution in [-0.2, 0) is 10.3 Å². The number of carbonyl (C=O) groups excluding carboxylic acids is 2. The van der Waals surface area contributed by atoms with Crippen molar-refractivity contribution in [2.24, 2.45) is 0 Å². The summed E-state index contributed by atoms with van der Waals surface area (Å²) in [5.41, 5.74) is 0.341. The van der Waals surface area contributed by atoms with E-state index in [0.717, 1.165) is 11.1 Å². The van der Waals surface area contributed by atoms with Crippen molar-refractivity contribution in [2.45, 2.75) is 5.54 Å². The molecule has 1 aliphatic heterocycles. The van der Waals surface area contributed by atoms with Crippen molar-refractivity contribution in [1.82, 2.24) is 10.6 Å². The number of urea groups is 1. The van der Waals surface area contributed by atoms with Crippen LogP contribution in [0, 0.1) is 0 Å². The van der Waals surface area contributed by atoms with Crippen LogP contribution in [-0.4, -0.2) is 17.4 Å². The van der Waals surface area contributed by atoms with Gasteiger partial charge in [-0.15, -0.1) is 0 Å². The van der Waals surface area contributed by atoms with Gasteiger partial charge in [0.15, 0.2) is 5.54 Å². The Hall–Kier alpha value is -1.66. The first kappa shape index (κ1) is 17.4. The predicted molar refractivity (Wildman–Crippen MR) is 75.1 cm³/mol. The zero-order chi connectivity index (χ0) is 13.3. The number of amides is 3. The third kappa shape index (κ3) is 2.87. The molecule has 0 spiro atoms. The number of benzene rings is 2. The first-order valence-electron chi connectivity index (χ1n) is 5.98. The molecule has 0 atom stereocenters. The molecule has 1 fully saturated rings. The summed E-state index contributed by atoms with van der Waals surface area (Å²) in [6.45, 7) is 0. The van der Waals surface area contributed by atoms with Crippen LogP contribution in [0.3, 0.4) is 0 Å². The second kappa shape index (κ2) is 6.87. The van der Waals surface area contributed by atoms with Crippen LogP contribution < -0.4 is 40.2 Å². The van der Waals surface area contributed by atoms with E-state index < -0.39 is 11.6 Å². The van der Waals surface area contributed by atoms with Gasteiger partial charge in [-0.1, -0.05) is 60.7 Å². The molecule has 4 N–H and O–H groups in total. The monoisotopic (exact) mass is 294 g/mol. The normalized spacial score (nSPS) is 15.2. The third-order valence-electron chi connectivity index (χ3n) is 3.28. The molecule has 0 radical (unpaired) electrons. The molecule has 1 saturated heterocycles. The molecule has 0 bridgehead atoms. The summed E-state index contributed by atoms with van der Waals surface area (Å²) in [7, 11) is 0. The summed E-state index contributed by atoms with van der Waals surface area (Å²) in [6, 6.07) is 18.0. The Morgan fingerprint density at radius 3 is 1.57 bits per heavy atom. The van der Waals surface area contributed by atoms with Crippen molar-refractivity contribution in [1.29, 1.82) is 0 Å². The molecular formula is C15H15N2NaO3. The maximum absolute atomic E-state index is 12.3. The molecule has 5 nitrogen and oxygen atoms in total. The Balaban J connectivity index is 0.00000147. The second-order valence-electron chi connectivity index (χ2n) is 4.39. The molecule has 0 aliphatic carbocycles. The second-order valence-corrected chi connectivity index (χ2v) is 4.39. The van der Waals surface area contributed by atoms with Gasteiger partial charge in [-0.05, 0) is 11.1 Å². The van der Waals surface area contributed by atoms with Crippen LogP contribution >= 0.6 is 0 Å². The Kier molecular flexibility index (Phi) is 5.69. The van der Waals surface area contributed by atoms with Gasteiger partial charge >= 0.3 is 35.6 Å². The molecule has 21 heavy (non-hydrogen) atoms. The molecule has 1 aliphatic rings. The molecule has 104 valence electrons. The Morgan fingerprint density at radius 2 is 1.24 bits per heavy atom. The number of hydrogen-bond acceptors (Lipinski definition) is 2. The van der Waals surface area contributed by atoms with Crippen LogP contribution in [0.4, 0.5) is 4.79 Å². The van der Waals surface area contributed by atoms with E-state index in [9.17, 15) is 9.59 Å². The fourth-order valence-electron chi connectivity index (χ4n) is 2.40. The SMILES string of the molecule is O.O=C1NC(=O)C(c2ccccc2)(c2ccccc2)N1.[H-].[Na+]. The molecule has 2 aromatic rings. The maximum Gasteiger partial charge on any atom is 1.00 e. The molecule has 3 amide bonds. The van der Waals surface area contributed by atoms with Gasteiger partial charge in [-0.2, -0.15) is 0 Å². The number of nitrogens with one attached hydrogen (secondary N) is 2. The molecule has 2 aromatic carbocycles. The van der Waals surface area contributed by atoms with Crippen molar-refractivity contribution in [2.75, 3.05) is 0 Å². The van der Waals surface area contributed by atoms with E-state index >= 15 is 0 Å². The Bertz CT molecular complexity index is 598. The van der Waals surface area contributed by atoms with Gasteiger partial charge < -0.3 is 12.2 Å². The fraction of sp³-hybridized carbons (Fsp3) is 0.0667. The van der Waals surface area contributed by atoms with E-state index in [4.69, 9.17) is 0 Å². The van der Waals surface area contributed by atoms with E-state index in [1.165, 1.54) is 0 Å². The van der Waals surface area contributed by atoms with Gasteiger partial charge in [-0.3, -0.25) is 10.1 Å². The molecule has 3 rings (SSSR count). The number of rotatable bonds is 2. The molecule has 0 aromatic heterocycles. The standard InChI is InChI=1S/C15H12N2O2.Na.H2O.H/c18-13-15(17-14(19)16-13,11-7-3-1-4-8-11)12-9-5-2-6-10-12;;;/h1-10H,(H2,16,17,18,19);;1H2;/q;+1;;-1. The first-order chi connectivity index (χ1) is 9.23. The van der Waals surface area contributed by atoms with Crippen LogP contribution in [0.5, 0.6) is 0 Å². The van der Waals surface area contributed by atoms with Gasteiger partial charge in [-0.25, -0.2) is 4.79 Å². The van der Waals surface area contributed by atoms with Crippen molar-refractivity contribution in [3.05, 3.63) is 71.8 Å². The number of hydrogen-bond donors (Lipinski definition) is 2. The van der Waals surface area contributed by atoms with Gasteiger partial charge in [0.05, 0.1) is 0 Å². The maximum atomic E-state index is 12.3. The van der Waals surface area contributed by atoms with E-state index in [0.29, 0.717) is 0 Å². The zero-order valence-electron chi connectivity index (χ0n) is 12.6. The molecule has 6 heteroatoms. The van der Waals surface area contributed by atoms with Gasteiger partial charge in [0.1, 0.15) is 0 Å². The minimum atomic E-state index is -1.14. The molecular weight excluding hydrogens is 279 g/mol. The topological polar surface area (TPSA) is 89.7 Å². The summed E-state index contributed by atoms with van der Waals surface area (Å²) in [4.78, 5) is 23.9. The van der Waals surface area contributed by atoms with Crippen molar-refractivity contribution in [3.8, 4) is 0 Å². The van der Waals surface area contributed by atoms with Crippen molar-refractivity contribution >= 4 is 11.9 Å². The van der Waals surface area contributed by atoms with E-state index in [-0.39, 0.29) is 42.4 Å². The first-order valence-corrected chi connectivity index (χ1v) is 5.98. The smallest absolute Gasteiger partial charge is 1.00 e. The molecule has 1 heterocycles. The van der Waals surface area contributed by atoms with E-state index in [1.54, 1.807) is 0 Å². The molecule has 0 saturated carbocycles. The predicted octanol–water partition coefficient (Wildman–Crippen LogP) is -1.94. The minimum Gasteiger partial charge on any atom is -1.00 e. The largest absolute Gasteiger partial charge is 1.00 e. The third-order valence-corrected chi connectivity index (χ3v) is 3.28. The molecule has 0 unspecified atom stereocenters. The Labute approximate surface area is 145 Å². The van der Waals surface area contributed by atoms with Crippen LogP contribution in [0.1, 0.15) is 12.6 Å². The average molecular weight is 294 g/mol. The summed E-state index contributed by atoms with van der Waals surface area (Å²) in [5.74, 6) is -0.352. The van der Waals surface area contributed by atoms with Crippen LogP contribution in [0.15, 0.2) is 60.7 Å². The average Bonchev–Trinajstić information content (AvgIpc) is 2.76. The van der Waals surface area contributed by atoms with Gasteiger partial charge in [0, 0.05) is 0 Å². The minimum absolute atomic E-state index is 0. The number of carbonyl (C=O) groups is 2. The zero-order valence-corrected chi connectivity index (χ0v) is 13.6.